The van der Waals surface area contributed by atoms with Crippen LogP contribution in [0.1, 0.15) is 22.8 Å². The highest BCUT2D eigenvalue weighted by atomic mass is 31.3. The Bertz CT molecular complexity index is 1460. The quantitative estimate of drug-likeness (QED) is 0.0904. The highest BCUT2D eigenvalue weighted by Crippen LogP contribution is 2.58. The number of hydrogen-bond acceptors (Lipinski definition) is 16. The largest absolute Gasteiger partial charge is 0.756 e. The van der Waals surface area contributed by atoms with Crippen molar-refractivity contribution in [1.29, 1.82) is 0 Å². The minimum atomic E-state index is -5.63. The third-order valence-electron chi connectivity index (χ3n) is 6.20. The summed E-state index contributed by atoms with van der Waals surface area (Å²) < 4.78 is 50.4. The van der Waals surface area contributed by atoms with Crippen molar-refractivity contribution in [2.45, 2.75) is 49.1 Å². The Morgan fingerprint density at radius 3 is 2.38 bits per heavy atom. The van der Waals surface area contributed by atoms with E-state index in [1.807, 2.05) is 0 Å². The second kappa shape index (κ2) is 12.5. The van der Waals surface area contributed by atoms with Crippen molar-refractivity contribution in [3.8, 4) is 0 Å². The number of aliphatic hydroxyl groups is 4. The number of phosphoric ester groups is 2. The van der Waals surface area contributed by atoms with Gasteiger partial charge >= 0.3 is 13.5 Å². The molecule has 232 valence electrons. The van der Waals surface area contributed by atoms with E-state index in [0.29, 0.717) is 0 Å². The van der Waals surface area contributed by atoms with Crippen LogP contribution < -0.4 is 26.6 Å². The number of primary amides is 1. The molecule has 4 heterocycles. The number of amides is 1. The zero-order valence-corrected chi connectivity index (χ0v) is 23.0. The summed E-state index contributed by atoms with van der Waals surface area (Å²) in [6.07, 6.45) is -8.83. The van der Waals surface area contributed by atoms with Crippen LogP contribution >= 0.6 is 15.6 Å². The number of nitrogens with two attached hydrogens (primary N) is 2. The molecule has 20 nitrogen and oxygen atoms in total. The van der Waals surface area contributed by atoms with Gasteiger partial charge in [0.05, 0.1) is 13.2 Å². The van der Waals surface area contributed by atoms with E-state index in [2.05, 4.69) is 18.3 Å². The van der Waals surface area contributed by atoms with Crippen LogP contribution in [0.3, 0.4) is 0 Å². The van der Waals surface area contributed by atoms with Crippen molar-refractivity contribution in [2.24, 2.45) is 5.73 Å². The summed E-state index contributed by atoms with van der Waals surface area (Å²) in [5.41, 5.74) is 9.74. The van der Waals surface area contributed by atoms with E-state index in [0.717, 1.165) is 10.8 Å². The van der Waals surface area contributed by atoms with E-state index in [1.165, 1.54) is 35.2 Å². The van der Waals surface area contributed by atoms with Crippen molar-refractivity contribution in [3.63, 3.8) is 0 Å². The SMILES string of the molecule is NC(=O)c1ccc[n+]([C@@H]2O[C@H](COP(=O)([O-])OP(=O)(O)OC[C@H]3O[C@@H](n4ccc(N)nc4=O)[C@H](O)[C@@H]3O)[C@@H](O)[C@H]2O)c1. The van der Waals surface area contributed by atoms with Crippen molar-refractivity contribution in [3.05, 3.63) is 52.8 Å². The molecule has 2 saturated heterocycles. The van der Waals surface area contributed by atoms with Crippen molar-refractivity contribution >= 4 is 27.4 Å². The molecule has 2 unspecified atom stereocenters. The second-order valence-corrected chi connectivity index (χ2v) is 12.1. The van der Waals surface area contributed by atoms with Gasteiger partial charge in [-0.1, -0.05) is 0 Å². The Morgan fingerprint density at radius 1 is 1.07 bits per heavy atom. The maximum absolute atomic E-state index is 12.3. The Hall–Kier alpha value is -2.68. The zero-order valence-electron chi connectivity index (χ0n) is 21.2. The Labute approximate surface area is 235 Å². The molecule has 10 atom stereocenters. The lowest BCUT2D eigenvalue weighted by molar-refractivity contribution is -0.765. The number of anilines is 1. The predicted octanol–water partition coefficient (Wildman–Crippen LogP) is -4.23. The van der Waals surface area contributed by atoms with Gasteiger partial charge in [-0.15, -0.1) is 0 Å². The number of rotatable bonds is 11. The van der Waals surface area contributed by atoms with Gasteiger partial charge in [0.15, 0.2) is 24.7 Å². The van der Waals surface area contributed by atoms with Gasteiger partial charge in [0.2, 0.25) is 0 Å². The topological polar surface area (TPSA) is 312 Å². The zero-order chi connectivity index (χ0) is 31.0. The summed E-state index contributed by atoms with van der Waals surface area (Å²) in [6.45, 7) is -1.96. The third kappa shape index (κ3) is 7.26. The number of nitrogen functional groups attached to an aromatic ring is 1. The van der Waals surface area contributed by atoms with Crippen molar-refractivity contribution in [2.75, 3.05) is 18.9 Å². The molecule has 22 heteroatoms. The molecule has 4 rings (SSSR count). The van der Waals surface area contributed by atoms with Gasteiger partial charge in [-0.2, -0.15) is 9.55 Å². The summed E-state index contributed by atoms with van der Waals surface area (Å²) in [6, 6.07) is 4.01. The predicted molar refractivity (Wildman–Crippen MR) is 130 cm³/mol. The molecule has 2 aromatic rings. The molecule has 2 aliphatic heterocycles. The van der Waals surface area contributed by atoms with Gasteiger partial charge < -0.3 is 55.7 Å². The summed E-state index contributed by atoms with van der Waals surface area (Å²) in [4.78, 5) is 49.0. The molecule has 0 saturated carbocycles. The van der Waals surface area contributed by atoms with Gasteiger partial charge in [-0.3, -0.25) is 18.5 Å². The number of aliphatic hydroxyl groups excluding tert-OH is 4. The maximum Gasteiger partial charge on any atom is 0.478 e. The van der Waals surface area contributed by atoms with Crippen LogP contribution in [0.15, 0.2) is 41.6 Å². The fourth-order valence-electron chi connectivity index (χ4n) is 4.13. The molecule has 0 spiro atoms. The van der Waals surface area contributed by atoms with E-state index in [1.54, 1.807) is 0 Å². The lowest BCUT2D eigenvalue weighted by atomic mass is 10.1. The molecule has 2 aliphatic rings. The van der Waals surface area contributed by atoms with E-state index in [-0.39, 0.29) is 11.4 Å². The lowest BCUT2D eigenvalue weighted by Crippen LogP contribution is -2.46. The molecule has 0 bridgehead atoms. The number of hydrogen-bond donors (Lipinski definition) is 7. The van der Waals surface area contributed by atoms with Crippen molar-refractivity contribution in [1.82, 2.24) is 9.55 Å². The molecule has 0 aliphatic carbocycles. The maximum atomic E-state index is 12.3. The number of ether oxygens (including phenoxy) is 2. The number of pyridine rings is 1. The van der Waals surface area contributed by atoms with Gasteiger partial charge in [-0.25, -0.2) is 13.7 Å². The molecular formula is C20H27N5O15P2. The van der Waals surface area contributed by atoms with Gasteiger partial charge in [-0.05, 0) is 12.1 Å². The molecule has 0 aromatic carbocycles. The summed E-state index contributed by atoms with van der Waals surface area (Å²) in [7, 11) is -11.1. The number of phosphoric acid groups is 2. The van der Waals surface area contributed by atoms with Gasteiger partial charge in [0, 0.05) is 12.3 Å². The molecule has 42 heavy (non-hydrogen) atoms. The van der Waals surface area contributed by atoms with Crippen LogP contribution in [0.2, 0.25) is 0 Å². The van der Waals surface area contributed by atoms with E-state index >= 15 is 0 Å². The molecule has 9 N–H and O–H groups in total. The monoisotopic (exact) mass is 639 g/mol. The lowest BCUT2D eigenvalue weighted by Gasteiger charge is -2.26. The minimum absolute atomic E-state index is 0.0513. The third-order valence-corrected chi connectivity index (χ3v) is 8.77. The van der Waals surface area contributed by atoms with Crippen LogP contribution in [0.5, 0.6) is 0 Å². The normalized spacial score (nSPS) is 32.3. The summed E-state index contributed by atoms with van der Waals surface area (Å²) in [5, 5.41) is 41.0. The second-order valence-electron chi connectivity index (χ2n) is 9.13. The number of aromatic nitrogens is 3. The van der Waals surface area contributed by atoms with Crippen molar-refractivity contribution < 1.29 is 71.5 Å². The highest BCUT2D eigenvalue weighted by molar-refractivity contribution is 7.60. The van der Waals surface area contributed by atoms with E-state index in [4.69, 9.17) is 20.9 Å². The average molecular weight is 639 g/mol. The molecule has 1 amide bonds. The number of carbonyl (C=O) groups is 1. The van der Waals surface area contributed by atoms with Crippen LogP contribution in [-0.4, -0.2) is 90.6 Å². The number of nitrogens with zero attached hydrogens (tertiary/aromatic N) is 3. The van der Waals surface area contributed by atoms with E-state index < -0.39 is 89.5 Å². The van der Waals surface area contributed by atoms with E-state index in [9.17, 15) is 48.9 Å². The summed E-state index contributed by atoms with van der Waals surface area (Å²) >= 11 is 0. The Balaban J connectivity index is 1.32. The van der Waals surface area contributed by atoms with Crippen LogP contribution in [0.25, 0.3) is 0 Å². The number of carbonyl (C=O) groups excluding carboxylic acids is 1. The first-order valence-corrected chi connectivity index (χ1v) is 14.9. The van der Waals surface area contributed by atoms with Crippen LogP contribution in [-0.2, 0) is 32.0 Å². The molecule has 2 fully saturated rings. The first-order chi connectivity index (χ1) is 19.6. The molecule has 0 radical (unpaired) electrons. The highest BCUT2D eigenvalue weighted by Gasteiger charge is 2.49. The first-order valence-electron chi connectivity index (χ1n) is 11.9. The molecular weight excluding hydrogens is 612 g/mol. The standard InChI is InChI=1S/C20H27N5O15P2/c21-12-3-5-25(20(31)23-12)19-16(29)14(27)11(39-19)8-37-42(34,35)40-41(32,33)36-7-10-13(26)15(28)18(38-10)24-4-1-2-9(6-24)17(22)30/h1-6,10-11,13-16,18-19,26-29H,7-8H2,(H5-,21,22,23,30,31,32,33,34,35)/t10-,11-,13-,14-,15-,16-,18-,19-/m1/s1. The fraction of sp³-hybridized carbons (Fsp3) is 0.500. The van der Waals surface area contributed by atoms with Crippen LogP contribution in [0, 0.1) is 0 Å². The van der Waals surface area contributed by atoms with Gasteiger partial charge in [0.1, 0.15) is 41.9 Å². The Morgan fingerprint density at radius 2 is 1.71 bits per heavy atom. The fourth-order valence-corrected chi connectivity index (χ4v) is 6.19. The summed E-state index contributed by atoms with van der Waals surface area (Å²) in [5.74, 6) is -0.900. The minimum Gasteiger partial charge on any atom is -0.756 e. The Kier molecular flexibility index (Phi) is 9.60. The average Bonchev–Trinajstić information content (AvgIpc) is 3.35. The smallest absolute Gasteiger partial charge is 0.478 e. The van der Waals surface area contributed by atoms with Crippen LogP contribution in [0.4, 0.5) is 5.82 Å². The first kappa shape index (κ1) is 32.2. The van der Waals surface area contributed by atoms with Gasteiger partial charge in [0.25, 0.3) is 20.0 Å². The molecule has 2 aromatic heterocycles.